The van der Waals surface area contributed by atoms with Crippen LogP contribution in [0.25, 0.3) is 0 Å². The summed E-state index contributed by atoms with van der Waals surface area (Å²) in [7, 11) is -0.283. The molecule has 0 saturated heterocycles. The number of halogens is 1. The molecule has 0 heterocycles. The summed E-state index contributed by atoms with van der Waals surface area (Å²) in [4.78, 5) is 0.129. The highest BCUT2D eigenvalue weighted by Crippen LogP contribution is 2.25. The van der Waals surface area contributed by atoms with Gasteiger partial charge in [-0.25, -0.2) is 8.42 Å². The van der Waals surface area contributed by atoms with Crippen LogP contribution in [0.4, 0.5) is 0 Å². The zero-order chi connectivity index (χ0) is 16.0. The molecule has 0 aliphatic carbocycles. The summed E-state index contributed by atoms with van der Waals surface area (Å²) in [6.45, 7) is 5.04. The fourth-order valence-electron chi connectivity index (χ4n) is 1.76. The van der Waals surface area contributed by atoms with Gasteiger partial charge in [0.25, 0.3) is 0 Å². The van der Waals surface area contributed by atoms with Crippen molar-refractivity contribution in [2.24, 2.45) is 0 Å². The minimum Gasteiger partial charge on any atom is -0.377 e. The highest BCUT2D eigenvalue weighted by Gasteiger charge is 2.23. The van der Waals surface area contributed by atoms with Crippen molar-refractivity contribution in [2.75, 3.05) is 27.2 Å². The smallest absolute Gasteiger partial charge is 0.244 e. The Labute approximate surface area is 132 Å². The molecule has 120 valence electrons. The Hall–Kier alpha value is -0.660. The maximum absolute atomic E-state index is 12.6. The molecule has 7 heteroatoms. The standard InChI is InChI=1S/C14H23ClN2O3S/c1-11(2)20-8-7-17(4)21(18,19)14-9-12(10-16-3)5-6-13(14)15/h5-6,9,11,16H,7-8,10H2,1-4H3. The van der Waals surface area contributed by atoms with Gasteiger partial charge in [-0.3, -0.25) is 0 Å². The second-order valence-corrected chi connectivity index (χ2v) is 7.46. The van der Waals surface area contributed by atoms with Crippen molar-refractivity contribution in [3.63, 3.8) is 0 Å². The van der Waals surface area contributed by atoms with E-state index in [2.05, 4.69) is 5.32 Å². The van der Waals surface area contributed by atoms with Gasteiger partial charge in [0.1, 0.15) is 4.90 Å². The van der Waals surface area contributed by atoms with E-state index >= 15 is 0 Å². The Balaban J connectivity index is 2.93. The molecule has 1 rings (SSSR count). The molecule has 5 nitrogen and oxygen atoms in total. The van der Waals surface area contributed by atoms with Gasteiger partial charge < -0.3 is 10.1 Å². The molecular formula is C14H23ClN2O3S. The van der Waals surface area contributed by atoms with Crippen LogP contribution in [0.15, 0.2) is 23.1 Å². The third kappa shape index (κ3) is 5.23. The highest BCUT2D eigenvalue weighted by molar-refractivity contribution is 7.89. The van der Waals surface area contributed by atoms with Gasteiger partial charge in [-0.15, -0.1) is 0 Å². The zero-order valence-corrected chi connectivity index (χ0v) is 14.5. The van der Waals surface area contributed by atoms with E-state index in [1.165, 1.54) is 11.4 Å². The molecule has 0 radical (unpaired) electrons. The molecule has 0 aromatic heterocycles. The minimum atomic E-state index is -3.61. The normalized spacial score (nSPS) is 12.3. The average Bonchev–Trinajstić information content (AvgIpc) is 2.40. The van der Waals surface area contributed by atoms with E-state index in [0.29, 0.717) is 13.2 Å². The predicted octanol–water partition coefficient (Wildman–Crippen LogP) is 2.10. The van der Waals surface area contributed by atoms with Gasteiger partial charge in [0.15, 0.2) is 0 Å². The zero-order valence-electron chi connectivity index (χ0n) is 12.9. The first kappa shape index (κ1) is 18.4. The third-order valence-electron chi connectivity index (χ3n) is 2.92. The molecule has 0 fully saturated rings. The molecule has 1 aromatic carbocycles. The third-order valence-corrected chi connectivity index (χ3v) is 5.26. The lowest BCUT2D eigenvalue weighted by molar-refractivity contribution is 0.0737. The Morgan fingerprint density at radius 3 is 2.62 bits per heavy atom. The molecule has 0 atom stereocenters. The molecule has 0 saturated carbocycles. The largest absolute Gasteiger partial charge is 0.377 e. The second-order valence-electron chi connectivity index (χ2n) is 5.04. The summed E-state index contributed by atoms with van der Waals surface area (Å²) in [5.74, 6) is 0. The number of rotatable bonds is 8. The van der Waals surface area contributed by atoms with Gasteiger partial charge >= 0.3 is 0 Å². The highest BCUT2D eigenvalue weighted by atomic mass is 35.5. The van der Waals surface area contributed by atoms with Crippen molar-refractivity contribution in [3.05, 3.63) is 28.8 Å². The minimum absolute atomic E-state index is 0.0728. The van der Waals surface area contributed by atoms with E-state index in [1.807, 2.05) is 13.8 Å². The van der Waals surface area contributed by atoms with Crippen LogP contribution >= 0.6 is 11.6 Å². The van der Waals surface area contributed by atoms with Crippen molar-refractivity contribution >= 4 is 21.6 Å². The number of benzene rings is 1. The molecule has 1 aromatic rings. The maximum Gasteiger partial charge on any atom is 0.244 e. The summed E-state index contributed by atoms with van der Waals surface area (Å²) in [6.07, 6.45) is 0.0728. The van der Waals surface area contributed by atoms with Crippen LogP contribution < -0.4 is 5.32 Å². The van der Waals surface area contributed by atoms with E-state index in [0.717, 1.165) is 5.56 Å². The van der Waals surface area contributed by atoms with E-state index in [-0.39, 0.29) is 22.6 Å². The number of hydrogen-bond acceptors (Lipinski definition) is 4. The number of ether oxygens (including phenoxy) is 1. The van der Waals surface area contributed by atoms with Crippen molar-refractivity contribution < 1.29 is 13.2 Å². The summed E-state index contributed by atoms with van der Waals surface area (Å²) < 4.78 is 31.8. The molecule has 0 unspecified atom stereocenters. The van der Waals surface area contributed by atoms with Crippen LogP contribution in [0.5, 0.6) is 0 Å². The van der Waals surface area contributed by atoms with Crippen molar-refractivity contribution in [2.45, 2.75) is 31.4 Å². The average molecular weight is 335 g/mol. The maximum atomic E-state index is 12.6. The molecule has 0 spiro atoms. The van der Waals surface area contributed by atoms with Crippen LogP contribution in [0.2, 0.25) is 5.02 Å². The summed E-state index contributed by atoms with van der Waals surface area (Å²) in [5, 5.41) is 3.21. The molecule has 1 N–H and O–H groups in total. The number of sulfonamides is 1. The predicted molar refractivity (Wildman–Crippen MR) is 85.1 cm³/mol. The molecule has 0 aliphatic rings. The van der Waals surface area contributed by atoms with Crippen LogP contribution in [0, 0.1) is 0 Å². The van der Waals surface area contributed by atoms with Gasteiger partial charge in [0.05, 0.1) is 17.7 Å². The first-order chi connectivity index (χ1) is 9.78. The van der Waals surface area contributed by atoms with Gasteiger partial charge in [-0.1, -0.05) is 17.7 Å². The molecule has 21 heavy (non-hydrogen) atoms. The van der Waals surface area contributed by atoms with E-state index in [9.17, 15) is 8.42 Å². The lowest BCUT2D eigenvalue weighted by Crippen LogP contribution is -2.31. The Morgan fingerprint density at radius 2 is 2.05 bits per heavy atom. The summed E-state index contributed by atoms with van der Waals surface area (Å²) in [6, 6.07) is 5.02. The SMILES string of the molecule is CNCc1ccc(Cl)c(S(=O)(=O)N(C)CCOC(C)C)c1. The van der Waals surface area contributed by atoms with E-state index in [4.69, 9.17) is 16.3 Å². The number of hydrogen-bond donors (Lipinski definition) is 1. The molecular weight excluding hydrogens is 312 g/mol. The van der Waals surface area contributed by atoms with Crippen LogP contribution in [0.3, 0.4) is 0 Å². The summed E-state index contributed by atoms with van der Waals surface area (Å²) in [5.41, 5.74) is 0.868. The molecule has 0 bridgehead atoms. The second kappa shape index (κ2) is 8.10. The quantitative estimate of drug-likeness (QED) is 0.791. The first-order valence-corrected chi connectivity index (χ1v) is 8.61. The van der Waals surface area contributed by atoms with Crippen LogP contribution in [0.1, 0.15) is 19.4 Å². The molecule has 0 aliphatic heterocycles. The monoisotopic (exact) mass is 334 g/mol. The van der Waals surface area contributed by atoms with E-state index in [1.54, 1.807) is 25.2 Å². The Bertz CT molecular complexity index is 561. The lowest BCUT2D eigenvalue weighted by Gasteiger charge is -2.19. The number of likely N-dealkylation sites (N-methyl/N-ethyl adjacent to an activating group) is 1. The van der Waals surface area contributed by atoms with Crippen molar-refractivity contribution in [1.82, 2.24) is 9.62 Å². The van der Waals surface area contributed by atoms with Gasteiger partial charge in [-0.2, -0.15) is 4.31 Å². The topological polar surface area (TPSA) is 58.6 Å². The lowest BCUT2D eigenvalue weighted by atomic mass is 10.2. The fourth-order valence-corrected chi connectivity index (χ4v) is 3.44. The van der Waals surface area contributed by atoms with Gasteiger partial charge in [-0.05, 0) is 38.6 Å². The van der Waals surface area contributed by atoms with Gasteiger partial charge in [0, 0.05) is 20.1 Å². The van der Waals surface area contributed by atoms with E-state index < -0.39 is 10.0 Å². The van der Waals surface area contributed by atoms with Gasteiger partial charge in [0.2, 0.25) is 10.0 Å². The van der Waals surface area contributed by atoms with Crippen molar-refractivity contribution in [1.29, 1.82) is 0 Å². The Morgan fingerprint density at radius 1 is 1.38 bits per heavy atom. The summed E-state index contributed by atoms with van der Waals surface area (Å²) >= 11 is 6.05. The van der Waals surface area contributed by atoms with Crippen molar-refractivity contribution in [3.8, 4) is 0 Å². The fraction of sp³-hybridized carbons (Fsp3) is 0.571. The first-order valence-electron chi connectivity index (χ1n) is 6.80. The number of nitrogens with one attached hydrogen (secondary N) is 1. The molecule has 0 amide bonds. The Kier molecular flexibility index (Phi) is 7.09. The number of nitrogens with zero attached hydrogens (tertiary/aromatic N) is 1. The van der Waals surface area contributed by atoms with Crippen LogP contribution in [-0.4, -0.2) is 46.1 Å². The van der Waals surface area contributed by atoms with Crippen LogP contribution in [-0.2, 0) is 21.3 Å².